The lowest BCUT2D eigenvalue weighted by Crippen LogP contribution is -2.39. The maximum absolute atomic E-state index is 12.0. The van der Waals surface area contributed by atoms with Gasteiger partial charge in [-0.05, 0) is 24.1 Å². The molecule has 0 aliphatic carbocycles. The number of thioether (sulfide) groups is 1. The van der Waals surface area contributed by atoms with Crippen molar-refractivity contribution in [2.24, 2.45) is 0 Å². The summed E-state index contributed by atoms with van der Waals surface area (Å²) in [5.41, 5.74) is 1.68. The predicted molar refractivity (Wildman–Crippen MR) is 101 cm³/mol. The second kappa shape index (κ2) is 8.78. The highest BCUT2D eigenvalue weighted by Gasteiger charge is 2.32. The molecule has 1 heterocycles. The first-order valence-corrected chi connectivity index (χ1v) is 9.36. The van der Waals surface area contributed by atoms with Gasteiger partial charge < -0.3 is 4.74 Å². The number of aldehydes is 1. The van der Waals surface area contributed by atoms with Gasteiger partial charge in [-0.15, -0.1) is 11.8 Å². The Hall–Kier alpha value is -2.44. The fourth-order valence-electron chi connectivity index (χ4n) is 2.82. The third-order valence-corrected chi connectivity index (χ3v) is 5.42. The molecule has 1 aliphatic rings. The van der Waals surface area contributed by atoms with Crippen molar-refractivity contribution < 1.29 is 19.1 Å². The quantitative estimate of drug-likeness (QED) is 0.437. The first-order chi connectivity index (χ1) is 12.7. The number of nitrogens with one attached hydrogen (secondary N) is 1. The smallest absolute Gasteiger partial charge is 0.213 e. The molecule has 2 aromatic carbocycles. The monoisotopic (exact) mass is 369 g/mol. The minimum absolute atomic E-state index is 0.0122. The van der Waals surface area contributed by atoms with E-state index in [1.165, 1.54) is 0 Å². The molecule has 6 heteroatoms. The second-order valence-electron chi connectivity index (χ2n) is 5.98. The first kappa shape index (κ1) is 18.4. The summed E-state index contributed by atoms with van der Waals surface area (Å²) < 4.78 is 5.56. The number of rotatable bonds is 8. The van der Waals surface area contributed by atoms with Crippen molar-refractivity contribution in [2.45, 2.75) is 17.7 Å². The van der Waals surface area contributed by atoms with Gasteiger partial charge in [-0.2, -0.15) is 0 Å². The van der Waals surface area contributed by atoms with Gasteiger partial charge in [0, 0.05) is 16.7 Å². The van der Waals surface area contributed by atoms with E-state index in [0.717, 1.165) is 5.56 Å². The molecule has 0 saturated carbocycles. The Morgan fingerprint density at radius 3 is 2.54 bits per heavy atom. The molecule has 134 valence electrons. The highest BCUT2D eigenvalue weighted by molar-refractivity contribution is 8.00. The SMILES string of the molecule is O=CC(=O)C1NCSC1Cc1ccc(OCC(=O)c2ccccc2)cc1. The summed E-state index contributed by atoms with van der Waals surface area (Å²) in [4.78, 5) is 34.4. The van der Waals surface area contributed by atoms with E-state index in [-0.39, 0.29) is 17.6 Å². The van der Waals surface area contributed by atoms with Crippen LogP contribution in [0.5, 0.6) is 5.75 Å². The van der Waals surface area contributed by atoms with Crippen LogP contribution in [0, 0.1) is 0 Å². The van der Waals surface area contributed by atoms with Gasteiger partial charge in [0.15, 0.2) is 18.7 Å². The zero-order valence-corrected chi connectivity index (χ0v) is 14.9. The van der Waals surface area contributed by atoms with E-state index in [1.54, 1.807) is 23.9 Å². The fourth-order valence-corrected chi connectivity index (χ4v) is 4.04. The Morgan fingerprint density at radius 2 is 1.85 bits per heavy atom. The summed E-state index contributed by atoms with van der Waals surface area (Å²) in [5, 5.41) is 3.10. The van der Waals surface area contributed by atoms with Gasteiger partial charge in [0.2, 0.25) is 5.78 Å². The summed E-state index contributed by atoms with van der Waals surface area (Å²) >= 11 is 1.64. The second-order valence-corrected chi connectivity index (χ2v) is 7.20. The van der Waals surface area contributed by atoms with E-state index >= 15 is 0 Å². The number of carbonyl (C=O) groups is 3. The molecule has 2 unspecified atom stereocenters. The lowest BCUT2D eigenvalue weighted by Gasteiger charge is -2.15. The number of ether oxygens (including phenoxy) is 1. The number of ketones is 2. The molecule has 0 spiro atoms. The Kier molecular flexibility index (Phi) is 6.20. The number of carbonyl (C=O) groups excluding carboxylic acids is 3. The van der Waals surface area contributed by atoms with Gasteiger partial charge in [-0.3, -0.25) is 19.7 Å². The molecular formula is C20H19NO4S. The number of Topliss-reactive ketones (excluding diaryl/α,β-unsaturated/α-hetero) is 2. The van der Waals surface area contributed by atoms with Gasteiger partial charge in [-0.1, -0.05) is 42.5 Å². The average Bonchev–Trinajstić information content (AvgIpc) is 3.15. The Labute approximate surface area is 156 Å². The molecule has 1 fully saturated rings. The van der Waals surface area contributed by atoms with Crippen LogP contribution in [0.15, 0.2) is 54.6 Å². The molecule has 0 aromatic heterocycles. The molecular weight excluding hydrogens is 350 g/mol. The van der Waals surface area contributed by atoms with Crippen LogP contribution in [0.3, 0.4) is 0 Å². The van der Waals surface area contributed by atoms with Gasteiger partial charge in [-0.25, -0.2) is 0 Å². The van der Waals surface area contributed by atoms with Gasteiger partial charge in [0.25, 0.3) is 0 Å². The number of benzene rings is 2. The van der Waals surface area contributed by atoms with E-state index in [0.29, 0.717) is 29.9 Å². The molecule has 5 nitrogen and oxygen atoms in total. The summed E-state index contributed by atoms with van der Waals surface area (Å²) in [5.74, 6) is 0.811. The normalized spacial score (nSPS) is 19.1. The zero-order valence-electron chi connectivity index (χ0n) is 14.1. The van der Waals surface area contributed by atoms with Crippen molar-refractivity contribution in [1.29, 1.82) is 0 Å². The third-order valence-electron chi connectivity index (χ3n) is 4.22. The standard InChI is InChI=1S/C20H19NO4S/c22-11-17(23)20-19(26-13-21-20)10-14-6-8-16(9-7-14)25-12-18(24)15-4-2-1-3-5-15/h1-9,11,19-21H,10,12-13H2. The highest BCUT2D eigenvalue weighted by atomic mass is 32.2. The predicted octanol–water partition coefficient (Wildman–Crippen LogP) is 2.29. The van der Waals surface area contributed by atoms with Crippen LogP contribution < -0.4 is 10.1 Å². The van der Waals surface area contributed by atoms with Crippen LogP contribution >= 0.6 is 11.8 Å². The lowest BCUT2D eigenvalue weighted by atomic mass is 10.0. The topological polar surface area (TPSA) is 72.5 Å². The zero-order chi connectivity index (χ0) is 18.4. The van der Waals surface area contributed by atoms with Crippen molar-refractivity contribution in [3.8, 4) is 5.75 Å². The van der Waals surface area contributed by atoms with Crippen LogP contribution in [0.4, 0.5) is 0 Å². The minimum Gasteiger partial charge on any atom is -0.485 e. The molecule has 2 atom stereocenters. The van der Waals surface area contributed by atoms with Gasteiger partial charge >= 0.3 is 0 Å². The maximum atomic E-state index is 12.0. The molecule has 0 bridgehead atoms. The fraction of sp³-hybridized carbons (Fsp3) is 0.250. The van der Waals surface area contributed by atoms with Crippen molar-refractivity contribution >= 4 is 29.6 Å². The Morgan fingerprint density at radius 1 is 1.12 bits per heavy atom. The molecule has 3 rings (SSSR count). The van der Waals surface area contributed by atoms with Crippen LogP contribution in [0.1, 0.15) is 15.9 Å². The van der Waals surface area contributed by atoms with Gasteiger partial charge in [0.1, 0.15) is 5.75 Å². The number of hydrogen-bond acceptors (Lipinski definition) is 6. The third kappa shape index (κ3) is 4.59. The molecule has 1 saturated heterocycles. The van der Waals surface area contributed by atoms with Crippen molar-refractivity contribution in [3.63, 3.8) is 0 Å². The van der Waals surface area contributed by atoms with Crippen molar-refractivity contribution in [3.05, 3.63) is 65.7 Å². The maximum Gasteiger partial charge on any atom is 0.213 e. The number of hydrogen-bond donors (Lipinski definition) is 1. The molecule has 1 aliphatic heterocycles. The average molecular weight is 369 g/mol. The molecule has 26 heavy (non-hydrogen) atoms. The Bertz CT molecular complexity index is 776. The van der Waals surface area contributed by atoms with Crippen LogP contribution in [0.2, 0.25) is 0 Å². The van der Waals surface area contributed by atoms with E-state index in [1.807, 2.05) is 42.5 Å². The van der Waals surface area contributed by atoms with Crippen LogP contribution in [0.25, 0.3) is 0 Å². The van der Waals surface area contributed by atoms with Crippen molar-refractivity contribution in [1.82, 2.24) is 5.32 Å². The van der Waals surface area contributed by atoms with E-state index < -0.39 is 11.8 Å². The summed E-state index contributed by atoms with van der Waals surface area (Å²) in [6.45, 7) is -0.0122. The molecule has 0 amide bonds. The molecule has 2 aromatic rings. The van der Waals surface area contributed by atoms with E-state index in [4.69, 9.17) is 4.74 Å². The summed E-state index contributed by atoms with van der Waals surface area (Å²) in [7, 11) is 0. The molecule has 0 radical (unpaired) electrons. The molecule has 1 N–H and O–H groups in total. The Balaban J connectivity index is 1.54. The highest BCUT2D eigenvalue weighted by Crippen LogP contribution is 2.26. The van der Waals surface area contributed by atoms with E-state index in [9.17, 15) is 14.4 Å². The summed E-state index contributed by atoms with van der Waals surface area (Å²) in [6, 6.07) is 16.1. The minimum atomic E-state index is -0.420. The summed E-state index contributed by atoms with van der Waals surface area (Å²) in [6.07, 6.45) is 1.07. The largest absolute Gasteiger partial charge is 0.485 e. The lowest BCUT2D eigenvalue weighted by molar-refractivity contribution is -0.131. The first-order valence-electron chi connectivity index (χ1n) is 8.31. The van der Waals surface area contributed by atoms with Crippen LogP contribution in [-0.2, 0) is 16.0 Å². The van der Waals surface area contributed by atoms with Crippen LogP contribution in [-0.4, -0.2) is 41.6 Å². The van der Waals surface area contributed by atoms with Gasteiger partial charge in [0.05, 0.1) is 6.04 Å². The van der Waals surface area contributed by atoms with Crippen molar-refractivity contribution in [2.75, 3.05) is 12.5 Å². The van der Waals surface area contributed by atoms with E-state index in [2.05, 4.69) is 5.32 Å².